The van der Waals surface area contributed by atoms with Crippen molar-refractivity contribution < 1.29 is 4.79 Å². The summed E-state index contributed by atoms with van der Waals surface area (Å²) in [5.41, 5.74) is 0. The van der Waals surface area contributed by atoms with Crippen molar-refractivity contribution in [1.82, 2.24) is 10.6 Å². The van der Waals surface area contributed by atoms with E-state index in [-0.39, 0.29) is 5.91 Å². The van der Waals surface area contributed by atoms with Crippen molar-refractivity contribution in [3.63, 3.8) is 0 Å². The minimum atomic E-state index is 0.256. The van der Waals surface area contributed by atoms with Crippen LogP contribution in [0.4, 0.5) is 0 Å². The van der Waals surface area contributed by atoms with E-state index in [1.165, 1.54) is 44.9 Å². The largest absolute Gasteiger partial charge is 0.353 e. The Morgan fingerprint density at radius 3 is 2.44 bits per heavy atom. The third-order valence-corrected chi connectivity index (χ3v) is 3.81. The molecule has 0 radical (unpaired) electrons. The maximum atomic E-state index is 11.8. The van der Waals surface area contributed by atoms with Crippen LogP contribution < -0.4 is 10.6 Å². The second-order valence-corrected chi connectivity index (χ2v) is 5.25. The lowest BCUT2D eigenvalue weighted by molar-refractivity contribution is -0.122. The zero-order valence-corrected chi connectivity index (χ0v) is 10.1. The Balaban J connectivity index is 1.68. The van der Waals surface area contributed by atoms with E-state index in [1.54, 1.807) is 0 Å². The summed E-state index contributed by atoms with van der Waals surface area (Å²) in [5, 5.41) is 6.58. The number of carbonyl (C=O) groups excluding carboxylic acids is 1. The molecular weight excluding hydrogens is 200 g/mol. The van der Waals surface area contributed by atoms with Crippen molar-refractivity contribution >= 4 is 5.91 Å². The summed E-state index contributed by atoms with van der Waals surface area (Å²) in [6, 6.07) is 0.891. The lowest BCUT2D eigenvalue weighted by Crippen LogP contribution is -2.38. The molecule has 92 valence electrons. The average molecular weight is 224 g/mol. The molecule has 2 N–H and O–H groups in total. The van der Waals surface area contributed by atoms with Crippen molar-refractivity contribution in [1.29, 1.82) is 0 Å². The standard InChI is InChI=1S/C13H24N2O/c16-13(10-12-8-5-9-14-12)15-11-6-3-1-2-4-7-11/h11-12,14H,1-10H2,(H,15,16). The molecule has 1 saturated heterocycles. The topological polar surface area (TPSA) is 41.1 Å². The predicted molar refractivity (Wildman–Crippen MR) is 65.3 cm³/mol. The molecule has 1 amide bonds. The summed E-state index contributed by atoms with van der Waals surface area (Å²) in [7, 11) is 0. The molecule has 2 fully saturated rings. The number of rotatable bonds is 3. The van der Waals surface area contributed by atoms with Crippen LogP contribution in [0.15, 0.2) is 0 Å². The first-order valence-corrected chi connectivity index (χ1v) is 6.87. The van der Waals surface area contributed by atoms with Gasteiger partial charge < -0.3 is 10.6 Å². The number of amides is 1. The summed E-state index contributed by atoms with van der Waals surface area (Å²) >= 11 is 0. The first-order valence-electron chi connectivity index (χ1n) is 6.87. The van der Waals surface area contributed by atoms with E-state index in [4.69, 9.17) is 0 Å². The fourth-order valence-corrected chi connectivity index (χ4v) is 2.87. The van der Waals surface area contributed by atoms with Crippen LogP contribution >= 0.6 is 0 Å². The highest BCUT2D eigenvalue weighted by atomic mass is 16.1. The number of carbonyl (C=O) groups is 1. The molecule has 1 unspecified atom stereocenters. The van der Waals surface area contributed by atoms with Gasteiger partial charge in [0, 0.05) is 18.5 Å². The second-order valence-electron chi connectivity index (χ2n) is 5.25. The molecule has 3 nitrogen and oxygen atoms in total. The van der Waals surface area contributed by atoms with Gasteiger partial charge in [-0.05, 0) is 32.2 Å². The molecule has 2 rings (SSSR count). The number of hydrogen-bond donors (Lipinski definition) is 2. The van der Waals surface area contributed by atoms with Crippen LogP contribution in [0, 0.1) is 0 Å². The Morgan fingerprint density at radius 1 is 1.06 bits per heavy atom. The minimum absolute atomic E-state index is 0.256. The van der Waals surface area contributed by atoms with Crippen LogP contribution in [0.1, 0.15) is 57.8 Å². The summed E-state index contributed by atoms with van der Waals surface area (Å²) in [6.45, 7) is 1.08. The third kappa shape index (κ3) is 3.78. The van der Waals surface area contributed by atoms with Crippen LogP contribution in [-0.4, -0.2) is 24.5 Å². The van der Waals surface area contributed by atoms with Gasteiger partial charge in [0.1, 0.15) is 0 Å². The highest BCUT2D eigenvalue weighted by Gasteiger charge is 2.20. The molecule has 0 aromatic carbocycles. The third-order valence-electron chi connectivity index (χ3n) is 3.81. The maximum absolute atomic E-state index is 11.8. The zero-order chi connectivity index (χ0) is 11.2. The highest BCUT2D eigenvalue weighted by Crippen LogP contribution is 2.17. The van der Waals surface area contributed by atoms with Gasteiger partial charge in [0.15, 0.2) is 0 Å². The van der Waals surface area contributed by atoms with Gasteiger partial charge in [0.25, 0.3) is 0 Å². The molecule has 1 saturated carbocycles. The van der Waals surface area contributed by atoms with Crippen LogP contribution in [0.3, 0.4) is 0 Å². The fourth-order valence-electron chi connectivity index (χ4n) is 2.87. The Hall–Kier alpha value is -0.570. The lowest BCUT2D eigenvalue weighted by atomic mass is 10.1. The second kappa shape index (κ2) is 6.24. The van der Waals surface area contributed by atoms with Crippen molar-refractivity contribution in [2.45, 2.75) is 69.9 Å². The van der Waals surface area contributed by atoms with Crippen LogP contribution in [0.5, 0.6) is 0 Å². The number of nitrogens with one attached hydrogen (secondary N) is 2. The molecule has 1 heterocycles. The quantitative estimate of drug-likeness (QED) is 0.720. The summed E-state index contributed by atoms with van der Waals surface area (Å²) in [6.07, 6.45) is 10.7. The van der Waals surface area contributed by atoms with Crippen LogP contribution in [0.25, 0.3) is 0 Å². The number of hydrogen-bond acceptors (Lipinski definition) is 2. The Kier molecular flexibility index (Phi) is 4.64. The van der Waals surface area contributed by atoms with Crippen molar-refractivity contribution in [2.75, 3.05) is 6.54 Å². The molecule has 0 spiro atoms. The molecule has 1 aliphatic heterocycles. The SMILES string of the molecule is O=C(CC1CCCN1)NC1CCCCCC1. The van der Waals surface area contributed by atoms with Crippen molar-refractivity contribution in [3.8, 4) is 0 Å². The lowest BCUT2D eigenvalue weighted by Gasteiger charge is -2.17. The zero-order valence-electron chi connectivity index (χ0n) is 10.1. The van der Waals surface area contributed by atoms with Gasteiger partial charge in [-0.15, -0.1) is 0 Å². The summed E-state index contributed by atoms with van der Waals surface area (Å²) < 4.78 is 0. The molecule has 1 atom stereocenters. The molecule has 16 heavy (non-hydrogen) atoms. The molecule has 1 aliphatic carbocycles. The smallest absolute Gasteiger partial charge is 0.221 e. The molecule has 0 bridgehead atoms. The molecule has 0 aromatic rings. The van der Waals surface area contributed by atoms with Crippen LogP contribution in [0.2, 0.25) is 0 Å². The monoisotopic (exact) mass is 224 g/mol. The van der Waals surface area contributed by atoms with E-state index in [1.807, 2.05) is 0 Å². The summed E-state index contributed by atoms with van der Waals surface area (Å²) in [4.78, 5) is 11.8. The highest BCUT2D eigenvalue weighted by molar-refractivity contribution is 5.76. The Labute approximate surface area is 98.4 Å². The normalized spacial score (nSPS) is 27.6. The molecular formula is C13H24N2O. The van der Waals surface area contributed by atoms with E-state index >= 15 is 0 Å². The molecule has 3 heteroatoms. The first kappa shape index (κ1) is 11.9. The van der Waals surface area contributed by atoms with Crippen molar-refractivity contribution in [3.05, 3.63) is 0 Å². The maximum Gasteiger partial charge on any atom is 0.221 e. The van der Waals surface area contributed by atoms with E-state index in [9.17, 15) is 4.79 Å². The Bertz CT molecular complexity index is 216. The van der Waals surface area contributed by atoms with Gasteiger partial charge >= 0.3 is 0 Å². The van der Waals surface area contributed by atoms with Crippen molar-refractivity contribution in [2.24, 2.45) is 0 Å². The predicted octanol–water partition coefficient (Wildman–Crippen LogP) is 1.97. The minimum Gasteiger partial charge on any atom is -0.353 e. The van der Waals surface area contributed by atoms with E-state index in [0.29, 0.717) is 18.5 Å². The van der Waals surface area contributed by atoms with E-state index < -0.39 is 0 Å². The van der Waals surface area contributed by atoms with Gasteiger partial charge in [0.05, 0.1) is 0 Å². The van der Waals surface area contributed by atoms with Gasteiger partial charge in [-0.1, -0.05) is 25.7 Å². The first-order chi connectivity index (χ1) is 7.84. The fraction of sp³-hybridized carbons (Fsp3) is 0.923. The van der Waals surface area contributed by atoms with Crippen LogP contribution in [-0.2, 0) is 4.79 Å². The van der Waals surface area contributed by atoms with Gasteiger partial charge in [-0.25, -0.2) is 0 Å². The van der Waals surface area contributed by atoms with Gasteiger partial charge in [-0.2, -0.15) is 0 Å². The van der Waals surface area contributed by atoms with E-state index in [0.717, 1.165) is 13.0 Å². The van der Waals surface area contributed by atoms with Gasteiger partial charge in [0.2, 0.25) is 5.91 Å². The Morgan fingerprint density at radius 2 is 1.81 bits per heavy atom. The molecule has 0 aromatic heterocycles. The van der Waals surface area contributed by atoms with Gasteiger partial charge in [-0.3, -0.25) is 4.79 Å². The summed E-state index contributed by atoms with van der Waals surface area (Å²) in [5.74, 6) is 0.256. The average Bonchev–Trinajstić information content (AvgIpc) is 2.62. The molecule has 2 aliphatic rings. The van der Waals surface area contributed by atoms with E-state index in [2.05, 4.69) is 10.6 Å².